The number of rotatable bonds is 1. The number of nitrogens with zero attached hydrogens (tertiary/aromatic N) is 3. The lowest BCUT2D eigenvalue weighted by Gasteiger charge is -2.38. The lowest BCUT2D eigenvalue weighted by molar-refractivity contribution is -0.152. The van der Waals surface area contributed by atoms with Crippen molar-refractivity contribution in [2.24, 2.45) is 5.92 Å². The van der Waals surface area contributed by atoms with E-state index in [1.165, 1.54) is 4.90 Å². The summed E-state index contributed by atoms with van der Waals surface area (Å²) in [6.07, 6.45) is 2.07. The number of ether oxygens (including phenoxy) is 3. The van der Waals surface area contributed by atoms with E-state index in [9.17, 15) is 14.9 Å². The molecule has 31 heavy (non-hydrogen) atoms. The van der Waals surface area contributed by atoms with Crippen LogP contribution < -0.4 is 4.74 Å². The molecule has 0 radical (unpaired) electrons. The molecule has 8 nitrogen and oxygen atoms in total. The third-order valence-corrected chi connectivity index (χ3v) is 6.04. The van der Waals surface area contributed by atoms with E-state index >= 15 is 0 Å². The van der Waals surface area contributed by atoms with Gasteiger partial charge < -0.3 is 24.0 Å². The zero-order valence-corrected chi connectivity index (χ0v) is 18.7. The Hall–Kier alpha value is -2.63. The molecule has 0 N–H and O–H groups in total. The molecular formula is C23H31N3O5. The maximum atomic E-state index is 13.1. The lowest BCUT2D eigenvalue weighted by atomic mass is 9.98. The number of fused-ring (bicyclic) bond motifs is 3. The van der Waals surface area contributed by atoms with E-state index in [2.05, 4.69) is 6.07 Å². The van der Waals surface area contributed by atoms with Crippen LogP contribution in [0.4, 0.5) is 0 Å². The number of benzene rings is 1. The summed E-state index contributed by atoms with van der Waals surface area (Å²) < 4.78 is 17.8. The largest absolute Gasteiger partial charge is 0.493 e. The monoisotopic (exact) mass is 429 g/mol. The first kappa shape index (κ1) is 23.0. The fraction of sp³-hybridized carbons (Fsp3) is 0.609. The molecule has 2 bridgehead atoms. The fourth-order valence-electron chi connectivity index (χ4n) is 4.29. The highest BCUT2D eigenvalue weighted by atomic mass is 16.5. The maximum absolute atomic E-state index is 13.1. The SMILES string of the molecule is CO[C@H]1CC[C@@H]2CCOc3ccc(C#N)cc3C(=O)N(C)C[C@H](C)C(=O)N(C)C[C@H]1O2. The van der Waals surface area contributed by atoms with Gasteiger partial charge in [0.25, 0.3) is 5.91 Å². The van der Waals surface area contributed by atoms with Crippen LogP contribution in [0, 0.1) is 17.2 Å². The predicted octanol–water partition coefficient (Wildman–Crippen LogP) is 2.07. The number of nitriles is 1. The molecule has 2 heterocycles. The molecule has 1 fully saturated rings. The van der Waals surface area contributed by atoms with Crippen LogP contribution in [0.25, 0.3) is 0 Å². The first-order chi connectivity index (χ1) is 14.8. The van der Waals surface area contributed by atoms with E-state index in [1.807, 2.05) is 6.92 Å². The number of amides is 2. The number of carbonyl (C=O) groups is 2. The summed E-state index contributed by atoms with van der Waals surface area (Å²) in [6, 6.07) is 6.90. The van der Waals surface area contributed by atoms with Crippen molar-refractivity contribution in [2.75, 3.05) is 40.9 Å². The van der Waals surface area contributed by atoms with Crippen LogP contribution in [0.15, 0.2) is 18.2 Å². The van der Waals surface area contributed by atoms with Gasteiger partial charge in [0.15, 0.2) is 0 Å². The second kappa shape index (κ2) is 10.1. The van der Waals surface area contributed by atoms with Crippen molar-refractivity contribution in [1.29, 1.82) is 5.26 Å². The molecule has 2 aliphatic rings. The molecule has 0 spiro atoms. The average molecular weight is 430 g/mol. The summed E-state index contributed by atoms with van der Waals surface area (Å²) in [4.78, 5) is 29.2. The van der Waals surface area contributed by atoms with E-state index in [0.717, 1.165) is 12.8 Å². The van der Waals surface area contributed by atoms with Crippen molar-refractivity contribution >= 4 is 11.8 Å². The number of methoxy groups -OCH3 is 1. The standard InChI is InChI=1S/C23H31N3O5/c1-15-13-25(2)23(28)18-11-16(12-24)5-7-19(18)30-10-9-17-6-8-20(29-4)21(31-17)14-26(3)22(15)27/h5,7,11,15,17,20-21H,6,8-10,13-14H2,1-4H3/t15-,17+,20-,21+/m0/s1. The van der Waals surface area contributed by atoms with Gasteiger partial charge in [-0.3, -0.25) is 9.59 Å². The second-order valence-electron chi connectivity index (χ2n) is 8.41. The van der Waals surface area contributed by atoms with E-state index in [-0.39, 0.29) is 36.7 Å². The predicted molar refractivity (Wildman–Crippen MR) is 114 cm³/mol. The van der Waals surface area contributed by atoms with Crippen LogP contribution in [0.2, 0.25) is 0 Å². The molecule has 1 aromatic carbocycles. The minimum absolute atomic E-state index is 0.0114. The van der Waals surface area contributed by atoms with Crippen LogP contribution in [0.1, 0.15) is 42.1 Å². The topological polar surface area (TPSA) is 92.1 Å². The summed E-state index contributed by atoms with van der Waals surface area (Å²) in [5, 5.41) is 9.25. The summed E-state index contributed by atoms with van der Waals surface area (Å²) in [5.41, 5.74) is 0.709. The summed E-state index contributed by atoms with van der Waals surface area (Å²) in [7, 11) is 5.09. The summed E-state index contributed by atoms with van der Waals surface area (Å²) in [5.74, 6) is -0.298. The van der Waals surface area contributed by atoms with Crippen LogP contribution in [-0.4, -0.2) is 80.8 Å². The number of hydrogen-bond donors (Lipinski definition) is 0. The van der Waals surface area contributed by atoms with Crippen molar-refractivity contribution in [3.8, 4) is 11.8 Å². The Labute approximate surface area is 183 Å². The number of carbonyl (C=O) groups excluding carboxylic acids is 2. The van der Waals surface area contributed by atoms with Crippen LogP contribution in [0.5, 0.6) is 5.75 Å². The molecule has 4 atom stereocenters. The quantitative estimate of drug-likeness (QED) is 0.679. The molecule has 3 rings (SSSR count). The Morgan fingerprint density at radius 1 is 1.13 bits per heavy atom. The summed E-state index contributed by atoms with van der Waals surface area (Å²) in [6.45, 7) is 2.88. The smallest absolute Gasteiger partial charge is 0.257 e. The van der Waals surface area contributed by atoms with Gasteiger partial charge in [-0.15, -0.1) is 0 Å². The Balaban J connectivity index is 1.90. The van der Waals surface area contributed by atoms with Crippen molar-refractivity contribution in [2.45, 2.75) is 44.5 Å². The van der Waals surface area contributed by atoms with Crippen molar-refractivity contribution < 1.29 is 23.8 Å². The van der Waals surface area contributed by atoms with Gasteiger partial charge in [-0.1, -0.05) is 6.92 Å². The lowest BCUT2D eigenvalue weighted by Crippen LogP contribution is -2.49. The van der Waals surface area contributed by atoms with Gasteiger partial charge in [-0.05, 0) is 31.0 Å². The fourth-order valence-corrected chi connectivity index (χ4v) is 4.29. The molecule has 0 unspecified atom stereocenters. The zero-order chi connectivity index (χ0) is 22.5. The maximum Gasteiger partial charge on any atom is 0.257 e. The Kier molecular flexibility index (Phi) is 7.52. The van der Waals surface area contributed by atoms with Gasteiger partial charge in [-0.2, -0.15) is 5.26 Å². The Morgan fingerprint density at radius 2 is 1.90 bits per heavy atom. The molecule has 2 amide bonds. The normalized spacial score (nSPS) is 28.1. The molecule has 168 valence electrons. The van der Waals surface area contributed by atoms with Crippen molar-refractivity contribution in [3.63, 3.8) is 0 Å². The number of likely N-dealkylation sites (N-methyl/N-ethyl adjacent to an activating group) is 1. The van der Waals surface area contributed by atoms with Crippen LogP contribution >= 0.6 is 0 Å². The molecule has 1 aromatic rings. The molecular weight excluding hydrogens is 398 g/mol. The van der Waals surface area contributed by atoms with E-state index < -0.39 is 5.92 Å². The molecule has 8 heteroatoms. The van der Waals surface area contributed by atoms with E-state index in [4.69, 9.17) is 14.2 Å². The van der Waals surface area contributed by atoms with Gasteiger partial charge in [0.05, 0.1) is 41.9 Å². The van der Waals surface area contributed by atoms with Gasteiger partial charge >= 0.3 is 0 Å². The van der Waals surface area contributed by atoms with Gasteiger partial charge in [0.2, 0.25) is 5.91 Å². The average Bonchev–Trinajstić information content (AvgIpc) is 2.77. The first-order valence-electron chi connectivity index (χ1n) is 10.7. The molecule has 1 saturated heterocycles. The third-order valence-electron chi connectivity index (χ3n) is 6.04. The van der Waals surface area contributed by atoms with Crippen molar-refractivity contribution in [1.82, 2.24) is 9.80 Å². The van der Waals surface area contributed by atoms with Crippen LogP contribution in [0.3, 0.4) is 0 Å². The number of hydrogen-bond acceptors (Lipinski definition) is 6. The minimum atomic E-state index is -0.395. The van der Waals surface area contributed by atoms with Crippen LogP contribution in [-0.2, 0) is 14.3 Å². The van der Waals surface area contributed by atoms with E-state index in [1.54, 1.807) is 44.3 Å². The van der Waals surface area contributed by atoms with Crippen molar-refractivity contribution in [3.05, 3.63) is 29.3 Å². The molecule has 2 aliphatic heterocycles. The molecule has 0 aliphatic carbocycles. The highest BCUT2D eigenvalue weighted by molar-refractivity contribution is 5.97. The minimum Gasteiger partial charge on any atom is -0.493 e. The van der Waals surface area contributed by atoms with E-state index in [0.29, 0.717) is 36.4 Å². The van der Waals surface area contributed by atoms with Gasteiger partial charge in [0, 0.05) is 40.7 Å². The van der Waals surface area contributed by atoms with Gasteiger partial charge in [-0.25, -0.2) is 0 Å². The Morgan fingerprint density at radius 3 is 2.61 bits per heavy atom. The third kappa shape index (κ3) is 5.35. The highest BCUT2D eigenvalue weighted by Crippen LogP contribution is 2.27. The highest BCUT2D eigenvalue weighted by Gasteiger charge is 2.34. The first-order valence-corrected chi connectivity index (χ1v) is 10.7. The Bertz CT molecular complexity index is 852. The second-order valence-corrected chi connectivity index (χ2v) is 8.41. The zero-order valence-electron chi connectivity index (χ0n) is 18.7. The van der Waals surface area contributed by atoms with Gasteiger partial charge in [0.1, 0.15) is 11.9 Å². The summed E-state index contributed by atoms with van der Waals surface area (Å²) >= 11 is 0. The molecule has 0 aromatic heterocycles. The molecule has 0 saturated carbocycles.